The second-order valence-electron chi connectivity index (χ2n) is 4.64. The molecular formula is C11H15BrN2O5S. The molecule has 1 aliphatic rings. The fourth-order valence-electron chi connectivity index (χ4n) is 2.20. The zero-order valence-electron chi connectivity index (χ0n) is 11.0. The fourth-order valence-corrected chi connectivity index (χ4v) is 3.71. The Morgan fingerprint density at radius 1 is 1.55 bits per heavy atom. The molecule has 0 saturated carbocycles. The van der Waals surface area contributed by atoms with E-state index < -0.39 is 15.9 Å². The largest absolute Gasteiger partial charge is 0.443 e. The van der Waals surface area contributed by atoms with Crippen LogP contribution in [0.3, 0.4) is 0 Å². The highest BCUT2D eigenvalue weighted by Gasteiger charge is 2.33. The number of hydrogen-bond donors (Lipinski definition) is 1. The first kappa shape index (κ1) is 15.5. The van der Waals surface area contributed by atoms with Gasteiger partial charge in [-0.25, -0.2) is 13.6 Å². The lowest BCUT2D eigenvalue weighted by Gasteiger charge is -2.25. The van der Waals surface area contributed by atoms with Gasteiger partial charge >= 0.3 is 0 Å². The lowest BCUT2D eigenvalue weighted by atomic mass is 10.1. The van der Waals surface area contributed by atoms with Crippen LogP contribution in [0.15, 0.2) is 20.0 Å². The van der Waals surface area contributed by atoms with Crippen molar-refractivity contribution in [1.82, 2.24) is 4.90 Å². The summed E-state index contributed by atoms with van der Waals surface area (Å²) in [5, 5.41) is 5.03. The van der Waals surface area contributed by atoms with Crippen LogP contribution >= 0.6 is 15.9 Å². The van der Waals surface area contributed by atoms with Gasteiger partial charge in [0.1, 0.15) is 4.90 Å². The number of amides is 1. The lowest BCUT2D eigenvalue weighted by Crippen LogP contribution is -2.40. The SMILES string of the molecule is CC1OCCC1N(C)C(=O)c1cc(S(N)(=O)=O)c(Br)o1. The highest BCUT2D eigenvalue weighted by molar-refractivity contribution is 9.10. The zero-order chi connectivity index (χ0) is 15.1. The van der Waals surface area contributed by atoms with E-state index in [9.17, 15) is 13.2 Å². The molecule has 2 unspecified atom stereocenters. The van der Waals surface area contributed by atoms with Gasteiger partial charge in [0.2, 0.25) is 10.0 Å². The van der Waals surface area contributed by atoms with Crippen LogP contribution < -0.4 is 5.14 Å². The predicted molar refractivity (Wildman–Crippen MR) is 73.7 cm³/mol. The second-order valence-corrected chi connectivity index (χ2v) is 6.89. The normalized spacial score (nSPS) is 23.0. The molecule has 2 N–H and O–H groups in total. The molecule has 112 valence electrons. The topological polar surface area (TPSA) is 103 Å². The predicted octanol–water partition coefficient (Wildman–Crippen LogP) is 0.939. The Balaban J connectivity index is 2.26. The van der Waals surface area contributed by atoms with Gasteiger partial charge in [-0.05, 0) is 29.3 Å². The number of furan rings is 1. The Morgan fingerprint density at radius 2 is 2.20 bits per heavy atom. The van der Waals surface area contributed by atoms with E-state index in [4.69, 9.17) is 14.3 Å². The summed E-state index contributed by atoms with van der Waals surface area (Å²) in [5.41, 5.74) is 0. The number of rotatable bonds is 3. The van der Waals surface area contributed by atoms with Crippen LogP contribution in [-0.4, -0.2) is 45.0 Å². The molecular weight excluding hydrogens is 352 g/mol. The summed E-state index contributed by atoms with van der Waals surface area (Å²) in [6.45, 7) is 2.48. The van der Waals surface area contributed by atoms with Crippen molar-refractivity contribution in [3.05, 3.63) is 16.5 Å². The van der Waals surface area contributed by atoms with Crippen LogP contribution in [0.2, 0.25) is 0 Å². The monoisotopic (exact) mass is 366 g/mol. The molecule has 1 saturated heterocycles. The van der Waals surface area contributed by atoms with Crippen LogP contribution in [0.1, 0.15) is 23.9 Å². The molecule has 1 aromatic heterocycles. The smallest absolute Gasteiger partial charge is 0.289 e. The van der Waals surface area contributed by atoms with Gasteiger partial charge in [-0.2, -0.15) is 0 Å². The third kappa shape index (κ3) is 2.90. The quantitative estimate of drug-likeness (QED) is 0.857. The molecule has 1 aliphatic heterocycles. The second kappa shape index (κ2) is 5.47. The maximum absolute atomic E-state index is 12.3. The van der Waals surface area contributed by atoms with Crippen molar-refractivity contribution in [2.24, 2.45) is 5.14 Å². The highest BCUT2D eigenvalue weighted by atomic mass is 79.9. The number of carbonyl (C=O) groups is 1. The fraction of sp³-hybridized carbons (Fsp3) is 0.545. The molecule has 0 spiro atoms. The van der Waals surface area contributed by atoms with Crippen molar-refractivity contribution < 1.29 is 22.4 Å². The summed E-state index contributed by atoms with van der Waals surface area (Å²) in [4.78, 5) is 13.5. The summed E-state index contributed by atoms with van der Waals surface area (Å²) in [5.74, 6) is -0.495. The summed E-state index contributed by atoms with van der Waals surface area (Å²) >= 11 is 2.94. The third-order valence-corrected chi connectivity index (χ3v) is 5.09. The van der Waals surface area contributed by atoms with Crippen LogP contribution in [0.4, 0.5) is 0 Å². The Hall–Kier alpha value is -0.900. The van der Waals surface area contributed by atoms with Crippen molar-refractivity contribution in [3.8, 4) is 0 Å². The molecule has 9 heteroatoms. The number of nitrogens with two attached hydrogens (primary N) is 1. The molecule has 20 heavy (non-hydrogen) atoms. The lowest BCUT2D eigenvalue weighted by molar-refractivity contribution is 0.0548. The highest BCUT2D eigenvalue weighted by Crippen LogP contribution is 2.27. The van der Waals surface area contributed by atoms with E-state index >= 15 is 0 Å². The number of halogens is 1. The van der Waals surface area contributed by atoms with Crippen molar-refractivity contribution >= 4 is 31.9 Å². The Labute approximate surface area is 125 Å². The molecule has 0 aliphatic carbocycles. The molecule has 2 rings (SSSR count). The number of carbonyl (C=O) groups excluding carboxylic acids is 1. The van der Waals surface area contributed by atoms with E-state index in [-0.39, 0.29) is 27.5 Å². The molecule has 0 aromatic carbocycles. The first-order valence-electron chi connectivity index (χ1n) is 5.92. The Bertz CT molecular complexity index is 627. The van der Waals surface area contributed by atoms with Crippen molar-refractivity contribution in [2.75, 3.05) is 13.7 Å². The summed E-state index contributed by atoms with van der Waals surface area (Å²) in [7, 11) is -2.31. The molecule has 1 amide bonds. The minimum Gasteiger partial charge on any atom is -0.443 e. The maximum atomic E-state index is 12.3. The van der Waals surface area contributed by atoms with Gasteiger partial charge in [0.25, 0.3) is 5.91 Å². The molecule has 0 bridgehead atoms. The van der Waals surface area contributed by atoms with Gasteiger partial charge < -0.3 is 14.1 Å². The van der Waals surface area contributed by atoms with E-state index in [0.29, 0.717) is 6.61 Å². The van der Waals surface area contributed by atoms with Crippen molar-refractivity contribution in [2.45, 2.75) is 30.4 Å². The summed E-state index contributed by atoms with van der Waals surface area (Å²) < 4.78 is 33.1. The van der Waals surface area contributed by atoms with Crippen LogP contribution in [0, 0.1) is 0 Å². The number of likely N-dealkylation sites (N-methyl/N-ethyl adjacent to an activating group) is 1. The van der Waals surface area contributed by atoms with Gasteiger partial charge in [0, 0.05) is 19.7 Å². The minimum absolute atomic E-state index is 0.0655. The number of primary sulfonamides is 1. The van der Waals surface area contributed by atoms with Gasteiger partial charge in [0.05, 0.1) is 12.1 Å². The Morgan fingerprint density at radius 3 is 2.65 bits per heavy atom. The average Bonchev–Trinajstić information content (AvgIpc) is 2.92. The molecule has 0 radical (unpaired) electrons. The van der Waals surface area contributed by atoms with E-state index in [2.05, 4.69) is 15.9 Å². The van der Waals surface area contributed by atoms with Gasteiger partial charge in [-0.15, -0.1) is 0 Å². The number of sulfonamides is 1. The molecule has 2 heterocycles. The molecule has 1 aromatic rings. The molecule has 2 atom stereocenters. The third-order valence-electron chi connectivity index (χ3n) is 3.33. The number of hydrogen-bond acceptors (Lipinski definition) is 5. The van der Waals surface area contributed by atoms with E-state index in [1.54, 1.807) is 7.05 Å². The number of ether oxygens (including phenoxy) is 1. The Kier molecular flexibility index (Phi) is 4.24. The summed E-state index contributed by atoms with van der Waals surface area (Å²) in [6, 6.07) is 1.06. The van der Waals surface area contributed by atoms with E-state index in [0.717, 1.165) is 12.5 Å². The zero-order valence-corrected chi connectivity index (χ0v) is 13.4. The average molecular weight is 367 g/mol. The first-order chi connectivity index (χ1) is 9.21. The van der Waals surface area contributed by atoms with Gasteiger partial charge in [-0.3, -0.25) is 4.79 Å². The minimum atomic E-state index is -3.94. The van der Waals surface area contributed by atoms with Crippen LogP contribution in [0.25, 0.3) is 0 Å². The maximum Gasteiger partial charge on any atom is 0.289 e. The van der Waals surface area contributed by atoms with Crippen LogP contribution in [0.5, 0.6) is 0 Å². The van der Waals surface area contributed by atoms with Crippen molar-refractivity contribution in [1.29, 1.82) is 0 Å². The van der Waals surface area contributed by atoms with E-state index in [1.165, 1.54) is 4.90 Å². The molecule has 7 nitrogen and oxygen atoms in total. The number of nitrogens with zero attached hydrogens (tertiary/aromatic N) is 1. The molecule has 1 fully saturated rings. The summed E-state index contributed by atoms with van der Waals surface area (Å²) in [6.07, 6.45) is 0.660. The van der Waals surface area contributed by atoms with Crippen LogP contribution in [-0.2, 0) is 14.8 Å². The van der Waals surface area contributed by atoms with E-state index in [1.807, 2.05) is 6.92 Å². The van der Waals surface area contributed by atoms with Crippen molar-refractivity contribution in [3.63, 3.8) is 0 Å². The standard InChI is InChI=1S/C11H15BrN2O5S/c1-6-7(3-4-18-6)14(2)11(15)8-5-9(10(12)19-8)20(13,16)17/h5-7H,3-4H2,1-2H3,(H2,13,16,17). The van der Waals surface area contributed by atoms with Gasteiger partial charge in [0.15, 0.2) is 10.4 Å². The first-order valence-corrected chi connectivity index (χ1v) is 8.26. The van der Waals surface area contributed by atoms with Gasteiger partial charge in [-0.1, -0.05) is 0 Å².